The molecular weight excluding hydrogens is 352 g/mol. The molecule has 1 N–H and O–H groups in total. The lowest BCUT2D eigenvalue weighted by molar-refractivity contribution is 0.0946. The molecule has 6 nitrogen and oxygen atoms in total. The van der Waals surface area contributed by atoms with Crippen LogP contribution in [0.5, 0.6) is 5.75 Å². The molecule has 0 saturated carbocycles. The Morgan fingerprint density at radius 2 is 1.73 bits per heavy atom. The molecule has 140 valence electrons. The van der Waals surface area contributed by atoms with Crippen LogP contribution in [0.15, 0.2) is 47.4 Å². The zero-order valence-electron chi connectivity index (χ0n) is 15.4. The van der Waals surface area contributed by atoms with E-state index in [2.05, 4.69) is 5.32 Å². The first-order valence-corrected chi connectivity index (χ1v) is 9.66. The lowest BCUT2D eigenvalue weighted by Gasteiger charge is -2.12. The molecule has 2 rings (SSSR count). The molecule has 0 atom stereocenters. The van der Waals surface area contributed by atoms with Crippen molar-refractivity contribution in [3.8, 4) is 5.75 Å². The third-order valence-corrected chi connectivity index (χ3v) is 5.71. The van der Waals surface area contributed by atoms with Gasteiger partial charge in [-0.15, -0.1) is 0 Å². The number of nitrogens with one attached hydrogen (secondary N) is 1. The minimum absolute atomic E-state index is 0.140. The van der Waals surface area contributed by atoms with E-state index in [-0.39, 0.29) is 17.4 Å². The van der Waals surface area contributed by atoms with Crippen LogP contribution in [0.25, 0.3) is 0 Å². The molecule has 0 unspecified atom stereocenters. The fraction of sp³-hybridized carbons (Fsp3) is 0.316. The number of aryl methyl sites for hydroxylation is 2. The van der Waals surface area contributed by atoms with Gasteiger partial charge in [0.05, 0.1) is 11.4 Å². The highest BCUT2D eigenvalue weighted by Gasteiger charge is 2.16. The van der Waals surface area contributed by atoms with Gasteiger partial charge in [0.15, 0.2) is 0 Å². The van der Waals surface area contributed by atoms with Crippen LogP contribution in [0.1, 0.15) is 21.5 Å². The summed E-state index contributed by atoms with van der Waals surface area (Å²) in [5.41, 5.74) is 2.69. The third kappa shape index (κ3) is 4.83. The van der Waals surface area contributed by atoms with Crippen LogP contribution < -0.4 is 10.1 Å². The average molecular weight is 376 g/mol. The van der Waals surface area contributed by atoms with Gasteiger partial charge in [-0.05, 0) is 49.7 Å². The summed E-state index contributed by atoms with van der Waals surface area (Å²) < 4.78 is 30.7. The molecule has 2 aromatic rings. The number of hydrogen-bond acceptors (Lipinski definition) is 4. The lowest BCUT2D eigenvalue weighted by atomic mass is 10.1. The second-order valence-corrected chi connectivity index (χ2v) is 8.33. The number of ether oxygens (including phenoxy) is 1. The molecule has 1 amide bonds. The van der Waals surface area contributed by atoms with Gasteiger partial charge in [0.2, 0.25) is 10.0 Å². The average Bonchev–Trinajstić information content (AvgIpc) is 2.58. The van der Waals surface area contributed by atoms with Crippen molar-refractivity contribution in [2.45, 2.75) is 18.7 Å². The van der Waals surface area contributed by atoms with Gasteiger partial charge >= 0.3 is 0 Å². The molecule has 7 heteroatoms. The maximum absolute atomic E-state index is 12.2. The van der Waals surface area contributed by atoms with E-state index in [1.807, 2.05) is 32.0 Å². The molecule has 0 spiro atoms. The van der Waals surface area contributed by atoms with Crippen LogP contribution in [0.3, 0.4) is 0 Å². The van der Waals surface area contributed by atoms with Crippen LogP contribution in [0, 0.1) is 13.8 Å². The van der Waals surface area contributed by atoms with Gasteiger partial charge in [-0.1, -0.05) is 17.7 Å². The predicted molar refractivity (Wildman–Crippen MR) is 101 cm³/mol. The molecule has 0 aromatic heterocycles. The van der Waals surface area contributed by atoms with Gasteiger partial charge in [0.25, 0.3) is 5.91 Å². The number of rotatable bonds is 7. The Hall–Kier alpha value is -2.38. The van der Waals surface area contributed by atoms with Gasteiger partial charge in [-0.3, -0.25) is 4.79 Å². The number of nitrogens with zero attached hydrogens (tertiary/aromatic N) is 1. The van der Waals surface area contributed by atoms with Gasteiger partial charge in [0, 0.05) is 19.7 Å². The molecule has 26 heavy (non-hydrogen) atoms. The first-order chi connectivity index (χ1) is 12.2. The normalized spacial score (nSPS) is 11.4. The summed E-state index contributed by atoms with van der Waals surface area (Å²) in [7, 11) is -0.479. The summed E-state index contributed by atoms with van der Waals surface area (Å²) >= 11 is 0. The van der Waals surface area contributed by atoms with E-state index < -0.39 is 10.0 Å². The molecule has 0 aliphatic rings. The summed E-state index contributed by atoms with van der Waals surface area (Å²) in [5.74, 6) is 0.405. The minimum atomic E-state index is -3.45. The Bertz CT molecular complexity index is 875. The number of hydrogen-bond donors (Lipinski definition) is 1. The number of carbonyl (C=O) groups is 1. The van der Waals surface area contributed by atoms with Crippen molar-refractivity contribution in [1.29, 1.82) is 0 Å². The molecule has 0 bridgehead atoms. The van der Waals surface area contributed by atoms with Gasteiger partial charge in [-0.2, -0.15) is 0 Å². The van der Waals surface area contributed by atoms with Gasteiger partial charge < -0.3 is 10.1 Å². The van der Waals surface area contributed by atoms with Crippen molar-refractivity contribution < 1.29 is 17.9 Å². The largest absolute Gasteiger partial charge is 0.492 e. The monoisotopic (exact) mass is 376 g/mol. The van der Waals surface area contributed by atoms with Crippen LogP contribution in [0.2, 0.25) is 0 Å². The highest BCUT2D eigenvalue weighted by atomic mass is 32.2. The Kier molecular flexibility index (Phi) is 6.39. The molecular formula is C19H24N2O4S. The molecule has 0 aliphatic carbocycles. The first kappa shape index (κ1) is 19.9. The van der Waals surface area contributed by atoms with Crippen molar-refractivity contribution >= 4 is 15.9 Å². The van der Waals surface area contributed by atoms with E-state index in [1.54, 1.807) is 12.1 Å². The van der Waals surface area contributed by atoms with Crippen LogP contribution in [-0.2, 0) is 10.0 Å². The van der Waals surface area contributed by atoms with E-state index in [1.165, 1.54) is 26.2 Å². The summed E-state index contributed by atoms with van der Waals surface area (Å²) in [6.45, 7) is 4.53. The lowest BCUT2D eigenvalue weighted by Crippen LogP contribution is -2.28. The third-order valence-electron chi connectivity index (χ3n) is 3.89. The van der Waals surface area contributed by atoms with Gasteiger partial charge in [0.1, 0.15) is 12.4 Å². The van der Waals surface area contributed by atoms with Crippen LogP contribution in [-0.4, -0.2) is 45.9 Å². The fourth-order valence-corrected chi connectivity index (χ4v) is 3.32. The Labute approximate surface area is 154 Å². The van der Waals surface area contributed by atoms with Crippen molar-refractivity contribution in [3.63, 3.8) is 0 Å². The summed E-state index contributed by atoms with van der Waals surface area (Å²) in [5, 5.41) is 2.81. The van der Waals surface area contributed by atoms with Crippen LogP contribution >= 0.6 is 0 Å². The molecule has 0 radical (unpaired) electrons. The van der Waals surface area contributed by atoms with E-state index >= 15 is 0 Å². The highest BCUT2D eigenvalue weighted by molar-refractivity contribution is 7.89. The maximum atomic E-state index is 12.2. The zero-order valence-corrected chi connectivity index (χ0v) is 16.3. The number of sulfonamides is 1. The minimum Gasteiger partial charge on any atom is -0.492 e. The Balaban J connectivity index is 1.85. The first-order valence-electron chi connectivity index (χ1n) is 8.22. The Morgan fingerprint density at radius 3 is 2.31 bits per heavy atom. The summed E-state index contributed by atoms with van der Waals surface area (Å²) in [6, 6.07) is 11.9. The van der Waals surface area contributed by atoms with E-state index in [0.717, 1.165) is 15.4 Å². The van der Waals surface area contributed by atoms with Crippen LogP contribution in [0.4, 0.5) is 0 Å². The second-order valence-electron chi connectivity index (χ2n) is 6.18. The van der Waals surface area contributed by atoms with E-state index in [0.29, 0.717) is 17.9 Å². The summed E-state index contributed by atoms with van der Waals surface area (Å²) in [6.07, 6.45) is 0. The van der Waals surface area contributed by atoms with Crippen molar-refractivity contribution in [1.82, 2.24) is 9.62 Å². The predicted octanol–water partition coefficient (Wildman–Crippen LogP) is 2.36. The van der Waals surface area contributed by atoms with E-state index in [9.17, 15) is 13.2 Å². The molecule has 0 fully saturated rings. The number of amides is 1. The van der Waals surface area contributed by atoms with E-state index in [4.69, 9.17) is 4.74 Å². The summed E-state index contributed by atoms with van der Waals surface area (Å²) in [4.78, 5) is 12.4. The maximum Gasteiger partial charge on any atom is 0.251 e. The molecule has 2 aromatic carbocycles. The zero-order chi connectivity index (χ0) is 19.3. The number of carbonyl (C=O) groups excluding carboxylic acids is 1. The fourth-order valence-electron chi connectivity index (χ4n) is 2.42. The highest BCUT2D eigenvalue weighted by Crippen LogP contribution is 2.18. The van der Waals surface area contributed by atoms with Crippen molar-refractivity contribution in [2.75, 3.05) is 27.2 Å². The van der Waals surface area contributed by atoms with Crippen molar-refractivity contribution in [2.24, 2.45) is 0 Å². The topological polar surface area (TPSA) is 75.7 Å². The van der Waals surface area contributed by atoms with Crippen molar-refractivity contribution in [3.05, 3.63) is 59.2 Å². The standard InChI is InChI=1S/C19H24N2O4S/c1-14-5-10-18(15(2)13-14)19(22)20-11-12-25-16-6-8-17(9-7-16)26(23,24)21(3)4/h5-10,13H,11-12H2,1-4H3,(H,20,22). The second kappa shape index (κ2) is 8.33. The SMILES string of the molecule is Cc1ccc(C(=O)NCCOc2ccc(S(=O)(=O)N(C)C)cc2)c(C)c1. The molecule has 0 heterocycles. The quantitative estimate of drug-likeness (QED) is 0.753. The molecule has 0 aliphatic heterocycles. The smallest absolute Gasteiger partial charge is 0.251 e. The molecule has 0 saturated heterocycles. The number of benzene rings is 2. The Morgan fingerprint density at radius 1 is 1.08 bits per heavy atom. The van der Waals surface area contributed by atoms with Gasteiger partial charge in [-0.25, -0.2) is 12.7 Å².